The Balaban J connectivity index is 4.97. The van der Waals surface area contributed by atoms with Gasteiger partial charge in [0.2, 0.25) is 11.8 Å². The summed E-state index contributed by atoms with van der Waals surface area (Å²) < 4.78 is 5.14. The second-order valence-electron chi connectivity index (χ2n) is 6.33. The maximum Gasteiger partial charge on any atom is 0.328 e. The van der Waals surface area contributed by atoms with Crippen LogP contribution >= 0.6 is 0 Å². The van der Waals surface area contributed by atoms with Gasteiger partial charge in [0.1, 0.15) is 17.9 Å². The quantitative estimate of drug-likeness (QED) is 0.343. The Bertz CT molecular complexity index is 465. The van der Waals surface area contributed by atoms with E-state index in [1.54, 1.807) is 13.8 Å². The predicted molar refractivity (Wildman–Crippen MR) is 93.6 cm³/mol. The van der Waals surface area contributed by atoms with Crippen LogP contribution in [0.1, 0.15) is 59.8 Å². The fourth-order valence-electron chi connectivity index (χ4n) is 2.19. The number of hydrogen-bond acceptors (Lipinski definition) is 6. The molecule has 1 unspecified atom stereocenters. The van der Waals surface area contributed by atoms with E-state index in [0.717, 1.165) is 6.42 Å². The number of esters is 1. The number of ketones is 1. The molecule has 4 N–H and O–H groups in total. The minimum absolute atomic E-state index is 0.0852. The molecular formula is C17H31N3O5. The van der Waals surface area contributed by atoms with Crippen molar-refractivity contribution in [3.05, 3.63) is 0 Å². The zero-order valence-corrected chi connectivity index (χ0v) is 15.6. The van der Waals surface area contributed by atoms with Gasteiger partial charge in [-0.25, -0.2) is 4.79 Å². The van der Waals surface area contributed by atoms with Crippen molar-refractivity contribution < 1.29 is 23.9 Å². The maximum absolute atomic E-state index is 12.5. The molecule has 2 atom stereocenters. The number of nitrogens with two attached hydrogens (primary N) is 1. The molecule has 0 bridgehead atoms. The topological polar surface area (TPSA) is 128 Å². The molecule has 144 valence electrons. The third kappa shape index (κ3) is 11.3. The largest absolute Gasteiger partial charge is 0.461 e. The normalized spacial score (nSPS) is 13.0. The van der Waals surface area contributed by atoms with E-state index in [1.807, 2.05) is 0 Å². The van der Waals surface area contributed by atoms with Crippen molar-refractivity contribution in [3.8, 4) is 0 Å². The minimum Gasteiger partial charge on any atom is -0.461 e. The van der Waals surface area contributed by atoms with Crippen LogP contribution in [0.25, 0.3) is 0 Å². The number of carbonyl (C=O) groups is 4. The highest BCUT2D eigenvalue weighted by atomic mass is 16.5. The molecule has 0 rings (SSSR count). The number of ether oxygens (including phenoxy) is 1. The Morgan fingerprint density at radius 3 is 2.08 bits per heavy atom. The van der Waals surface area contributed by atoms with Gasteiger partial charge in [-0.2, -0.15) is 0 Å². The van der Waals surface area contributed by atoms with E-state index in [2.05, 4.69) is 10.6 Å². The van der Waals surface area contributed by atoms with Crippen molar-refractivity contribution >= 4 is 23.6 Å². The van der Waals surface area contributed by atoms with Gasteiger partial charge in [0.05, 0.1) is 6.10 Å². The van der Waals surface area contributed by atoms with Gasteiger partial charge < -0.3 is 25.9 Å². The van der Waals surface area contributed by atoms with Gasteiger partial charge >= 0.3 is 5.97 Å². The minimum atomic E-state index is -0.926. The van der Waals surface area contributed by atoms with Crippen LogP contribution in [0, 0.1) is 0 Å². The van der Waals surface area contributed by atoms with Crippen molar-refractivity contribution in [2.75, 3.05) is 6.54 Å². The summed E-state index contributed by atoms with van der Waals surface area (Å²) in [4.78, 5) is 47.1. The van der Waals surface area contributed by atoms with Crippen LogP contribution < -0.4 is 16.4 Å². The van der Waals surface area contributed by atoms with Gasteiger partial charge in [-0.1, -0.05) is 0 Å². The van der Waals surface area contributed by atoms with E-state index in [4.69, 9.17) is 10.5 Å². The van der Waals surface area contributed by atoms with Crippen molar-refractivity contribution in [2.24, 2.45) is 5.73 Å². The lowest BCUT2D eigenvalue weighted by Gasteiger charge is -2.23. The van der Waals surface area contributed by atoms with E-state index >= 15 is 0 Å². The maximum atomic E-state index is 12.5. The molecule has 0 aromatic carbocycles. The zero-order chi connectivity index (χ0) is 19.4. The molecule has 2 amide bonds. The molecule has 0 aliphatic heterocycles. The number of Topliss-reactive ketones (excluding diaryl/α,β-unsaturated/α-hetero) is 1. The van der Waals surface area contributed by atoms with Crippen molar-refractivity contribution in [1.82, 2.24) is 10.6 Å². The van der Waals surface area contributed by atoms with E-state index in [0.29, 0.717) is 19.4 Å². The Kier molecular flexibility index (Phi) is 11.4. The second kappa shape index (κ2) is 12.4. The van der Waals surface area contributed by atoms with E-state index < -0.39 is 24.0 Å². The van der Waals surface area contributed by atoms with Gasteiger partial charge in [-0.05, 0) is 53.0 Å². The summed E-state index contributed by atoms with van der Waals surface area (Å²) >= 11 is 0. The van der Waals surface area contributed by atoms with Crippen LogP contribution in [-0.4, -0.2) is 48.3 Å². The Labute approximate surface area is 149 Å². The standard InChI is InChI=1S/C17H31N3O5/c1-11(2)25-17(24)15(9-8-12(3)21)20-16(23)14(19-13(4)22)7-5-6-10-18/h11,14-15H,5-10,18H2,1-4H3,(H,19,22)(H,20,23)/t14-,15?/m0/s1. The number of amides is 2. The SMILES string of the molecule is CC(=O)CCC(NC(=O)[C@H](CCCCN)NC(C)=O)C(=O)OC(C)C. The molecule has 0 aliphatic carbocycles. The zero-order valence-electron chi connectivity index (χ0n) is 15.6. The van der Waals surface area contributed by atoms with Crippen LogP contribution in [-0.2, 0) is 23.9 Å². The number of hydrogen-bond donors (Lipinski definition) is 3. The first-order valence-corrected chi connectivity index (χ1v) is 8.64. The fraction of sp³-hybridized carbons (Fsp3) is 0.765. The lowest BCUT2D eigenvalue weighted by Crippen LogP contribution is -2.51. The van der Waals surface area contributed by atoms with Crippen molar-refractivity contribution in [2.45, 2.75) is 78.0 Å². The van der Waals surface area contributed by atoms with Gasteiger partial charge in [0.25, 0.3) is 0 Å². The van der Waals surface area contributed by atoms with Crippen LogP contribution in [0.15, 0.2) is 0 Å². The van der Waals surface area contributed by atoms with Gasteiger partial charge in [-0.3, -0.25) is 9.59 Å². The molecule has 25 heavy (non-hydrogen) atoms. The molecule has 0 fully saturated rings. The van der Waals surface area contributed by atoms with Crippen LogP contribution in [0.3, 0.4) is 0 Å². The number of rotatable bonds is 12. The summed E-state index contributed by atoms with van der Waals surface area (Å²) in [6.07, 6.45) is 1.79. The molecule has 0 aromatic rings. The summed E-state index contributed by atoms with van der Waals surface area (Å²) in [6, 6.07) is -1.68. The summed E-state index contributed by atoms with van der Waals surface area (Å²) in [5.74, 6) is -1.48. The summed E-state index contributed by atoms with van der Waals surface area (Å²) in [7, 11) is 0. The van der Waals surface area contributed by atoms with Gasteiger partial charge in [0.15, 0.2) is 0 Å². The first kappa shape index (κ1) is 23.0. The first-order chi connectivity index (χ1) is 11.7. The van der Waals surface area contributed by atoms with Gasteiger partial charge in [0, 0.05) is 13.3 Å². The van der Waals surface area contributed by atoms with Crippen LogP contribution in [0.2, 0.25) is 0 Å². The molecular weight excluding hydrogens is 326 g/mol. The smallest absolute Gasteiger partial charge is 0.328 e. The highest BCUT2D eigenvalue weighted by Gasteiger charge is 2.27. The molecule has 0 radical (unpaired) electrons. The van der Waals surface area contributed by atoms with E-state index in [1.165, 1.54) is 13.8 Å². The van der Waals surface area contributed by atoms with Gasteiger partial charge in [-0.15, -0.1) is 0 Å². The third-order valence-electron chi connectivity index (χ3n) is 3.38. The average molecular weight is 357 g/mol. The Morgan fingerprint density at radius 2 is 1.60 bits per heavy atom. The molecule has 0 aromatic heterocycles. The molecule has 0 heterocycles. The number of nitrogens with one attached hydrogen (secondary N) is 2. The summed E-state index contributed by atoms with van der Waals surface area (Å²) in [5.41, 5.74) is 5.45. The Morgan fingerprint density at radius 1 is 0.960 bits per heavy atom. The highest BCUT2D eigenvalue weighted by molar-refractivity contribution is 5.90. The molecule has 8 heteroatoms. The molecule has 0 saturated heterocycles. The van der Waals surface area contributed by atoms with E-state index in [9.17, 15) is 19.2 Å². The predicted octanol–water partition coefficient (Wildman–Crippen LogP) is 0.426. The summed E-state index contributed by atoms with van der Waals surface area (Å²) in [5, 5.41) is 5.18. The van der Waals surface area contributed by atoms with E-state index in [-0.39, 0.29) is 30.6 Å². The first-order valence-electron chi connectivity index (χ1n) is 8.64. The average Bonchev–Trinajstić information content (AvgIpc) is 2.48. The second-order valence-corrected chi connectivity index (χ2v) is 6.33. The number of carbonyl (C=O) groups excluding carboxylic acids is 4. The monoisotopic (exact) mass is 357 g/mol. The molecule has 8 nitrogen and oxygen atoms in total. The molecule has 0 aliphatic rings. The van der Waals surface area contributed by atoms with Crippen LogP contribution in [0.5, 0.6) is 0 Å². The Hall–Kier alpha value is -1.96. The van der Waals surface area contributed by atoms with Crippen LogP contribution in [0.4, 0.5) is 0 Å². The van der Waals surface area contributed by atoms with Crippen molar-refractivity contribution in [1.29, 1.82) is 0 Å². The fourth-order valence-corrected chi connectivity index (χ4v) is 2.19. The molecule has 0 saturated carbocycles. The highest BCUT2D eigenvalue weighted by Crippen LogP contribution is 2.06. The lowest BCUT2D eigenvalue weighted by molar-refractivity contribution is -0.152. The number of unbranched alkanes of at least 4 members (excludes halogenated alkanes) is 1. The third-order valence-corrected chi connectivity index (χ3v) is 3.38. The van der Waals surface area contributed by atoms with Crippen molar-refractivity contribution in [3.63, 3.8) is 0 Å². The lowest BCUT2D eigenvalue weighted by atomic mass is 10.1. The molecule has 0 spiro atoms. The summed E-state index contributed by atoms with van der Waals surface area (Å²) in [6.45, 7) is 6.64.